The van der Waals surface area contributed by atoms with E-state index in [4.69, 9.17) is 11.5 Å². The van der Waals surface area contributed by atoms with Gasteiger partial charge in [-0.1, -0.05) is 29.9 Å². The molecule has 1 aliphatic carbocycles. The second kappa shape index (κ2) is 10.4. The zero-order chi connectivity index (χ0) is 28.7. The van der Waals surface area contributed by atoms with Crippen LogP contribution in [0.2, 0.25) is 0 Å². The van der Waals surface area contributed by atoms with E-state index in [-0.39, 0.29) is 18.8 Å². The second-order valence-corrected chi connectivity index (χ2v) is 10.7. The molecule has 4 heterocycles. The Morgan fingerprint density at radius 1 is 1.17 bits per heavy atom. The van der Waals surface area contributed by atoms with Gasteiger partial charge in [0.25, 0.3) is 5.92 Å². The Morgan fingerprint density at radius 2 is 1.98 bits per heavy atom. The summed E-state index contributed by atoms with van der Waals surface area (Å²) in [4.78, 5) is 9.79. The van der Waals surface area contributed by atoms with Crippen LogP contribution in [-0.2, 0) is 6.42 Å². The topological polar surface area (TPSA) is 113 Å². The van der Waals surface area contributed by atoms with Gasteiger partial charge in [-0.3, -0.25) is 10.00 Å². The highest BCUT2D eigenvalue weighted by molar-refractivity contribution is 5.94. The second-order valence-electron chi connectivity index (χ2n) is 10.7. The van der Waals surface area contributed by atoms with Crippen molar-refractivity contribution in [1.82, 2.24) is 25.1 Å². The number of hydrogen-bond donors (Lipinski definition) is 4. The molecule has 2 aliphatic rings. The van der Waals surface area contributed by atoms with E-state index in [1.54, 1.807) is 23.2 Å². The van der Waals surface area contributed by atoms with Crippen molar-refractivity contribution in [2.45, 2.75) is 25.7 Å². The molecule has 3 aromatic heterocycles. The fraction of sp³-hybridized carbons (Fsp3) is 0.226. The number of aromatic nitrogens is 4. The fourth-order valence-corrected chi connectivity index (χ4v) is 5.53. The Hall–Kier alpha value is -4.57. The van der Waals surface area contributed by atoms with Gasteiger partial charge >= 0.3 is 0 Å². The first-order valence-electron chi connectivity index (χ1n) is 13.4. The minimum absolute atomic E-state index is 0.115. The molecule has 41 heavy (non-hydrogen) atoms. The predicted molar refractivity (Wildman–Crippen MR) is 155 cm³/mol. The third-order valence-corrected chi connectivity index (χ3v) is 7.51. The highest BCUT2D eigenvalue weighted by Gasteiger charge is 2.37. The van der Waals surface area contributed by atoms with Gasteiger partial charge in [-0.05, 0) is 54.0 Å². The van der Waals surface area contributed by atoms with Crippen LogP contribution in [-0.4, -0.2) is 50.6 Å². The summed E-state index contributed by atoms with van der Waals surface area (Å²) in [6, 6.07) is 10.4. The van der Waals surface area contributed by atoms with Crippen molar-refractivity contribution in [3.05, 3.63) is 106 Å². The molecule has 1 aliphatic heterocycles. The average molecular weight is 558 g/mol. The number of alkyl halides is 2. The SMILES string of the molecule is C/C(=C\C(=C/N)c1cnc2n[nH]c(-c3cc4c([nH]3)CC(N)=CC=C4c3ccc(F)cc3)c2c1)CN1CCC(F)(F)C1. The molecule has 1 aromatic carbocycles. The number of hydrogen-bond acceptors (Lipinski definition) is 5. The Bertz CT molecular complexity index is 1740. The van der Waals surface area contributed by atoms with Crippen molar-refractivity contribution >= 4 is 22.2 Å². The van der Waals surface area contributed by atoms with E-state index >= 15 is 0 Å². The lowest BCUT2D eigenvalue weighted by Gasteiger charge is -2.16. The molecule has 210 valence electrons. The monoisotopic (exact) mass is 557 g/mol. The lowest BCUT2D eigenvalue weighted by Crippen LogP contribution is -2.26. The van der Waals surface area contributed by atoms with Crippen LogP contribution in [0.3, 0.4) is 0 Å². The van der Waals surface area contributed by atoms with Gasteiger partial charge in [0.05, 0.1) is 17.9 Å². The molecular formula is C31H30F3N7. The molecule has 0 saturated carbocycles. The van der Waals surface area contributed by atoms with Crippen LogP contribution in [0, 0.1) is 5.82 Å². The van der Waals surface area contributed by atoms with Crippen LogP contribution < -0.4 is 11.5 Å². The normalized spacial score (nSPS) is 17.9. The van der Waals surface area contributed by atoms with E-state index in [2.05, 4.69) is 20.2 Å². The van der Waals surface area contributed by atoms with Crippen LogP contribution in [0.25, 0.3) is 33.6 Å². The molecule has 6 rings (SSSR count). The van der Waals surface area contributed by atoms with Gasteiger partial charge in [0, 0.05) is 66.2 Å². The summed E-state index contributed by atoms with van der Waals surface area (Å²) in [6.07, 6.45) is 9.34. The molecule has 0 spiro atoms. The Balaban J connectivity index is 1.33. The number of H-pyrrole nitrogens is 2. The zero-order valence-electron chi connectivity index (χ0n) is 22.5. The molecule has 0 amide bonds. The molecule has 0 bridgehead atoms. The summed E-state index contributed by atoms with van der Waals surface area (Å²) in [6.45, 7) is 2.49. The van der Waals surface area contributed by atoms with E-state index in [0.717, 1.165) is 55.9 Å². The fourth-order valence-electron chi connectivity index (χ4n) is 5.53. The maximum Gasteiger partial charge on any atom is 0.261 e. The summed E-state index contributed by atoms with van der Waals surface area (Å²) in [5, 5.41) is 8.30. The number of benzene rings is 1. The lowest BCUT2D eigenvalue weighted by molar-refractivity contribution is 0.0131. The van der Waals surface area contributed by atoms with Crippen molar-refractivity contribution in [3.8, 4) is 11.4 Å². The number of fused-ring (bicyclic) bond motifs is 2. The number of rotatable bonds is 6. The number of aromatic amines is 2. The number of nitrogens with two attached hydrogens (primary N) is 2. The summed E-state index contributed by atoms with van der Waals surface area (Å²) in [5.74, 6) is -2.93. The van der Waals surface area contributed by atoms with Crippen LogP contribution in [0.15, 0.2) is 78.3 Å². The first-order valence-corrected chi connectivity index (χ1v) is 13.4. The summed E-state index contributed by atoms with van der Waals surface area (Å²) >= 11 is 0. The molecular weight excluding hydrogens is 527 g/mol. The molecule has 10 heteroatoms. The van der Waals surface area contributed by atoms with E-state index in [0.29, 0.717) is 30.9 Å². The number of nitrogens with one attached hydrogen (secondary N) is 2. The van der Waals surface area contributed by atoms with Crippen molar-refractivity contribution in [1.29, 1.82) is 0 Å². The van der Waals surface area contributed by atoms with Crippen LogP contribution in [0.4, 0.5) is 13.2 Å². The van der Waals surface area contributed by atoms with Gasteiger partial charge in [-0.2, -0.15) is 5.10 Å². The average Bonchev–Trinajstić information content (AvgIpc) is 3.61. The van der Waals surface area contributed by atoms with Crippen molar-refractivity contribution in [2.75, 3.05) is 19.6 Å². The first kappa shape index (κ1) is 26.6. The third-order valence-electron chi connectivity index (χ3n) is 7.51. The lowest BCUT2D eigenvalue weighted by atomic mass is 9.97. The van der Waals surface area contributed by atoms with Crippen LogP contribution >= 0.6 is 0 Å². The van der Waals surface area contributed by atoms with Crippen molar-refractivity contribution < 1.29 is 13.2 Å². The highest BCUT2D eigenvalue weighted by atomic mass is 19.3. The highest BCUT2D eigenvalue weighted by Crippen LogP contribution is 2.35. The van der Waals surface area contributed by atoms with Crippen LogP contribution in [0.5, 0.6) is 0 Å². The molecule has 7 nitrogen and oxygen atoms in total. The van der Waals surface area contributed by atoms with Gasteiger partial charge in [0.2, 0.25) is 0 Å². The standard InChI is InChI=1S/C31H30F3N7/c1-18(16-41-9-8-31(33,34)17-41)10-20(14-35)21-11-26-29(39-40-30(26)37-15-21)28-13-25-24(19-2-4-22(32)5-3-19)7-6-23(36)12-27(25)38-28/h2-7,10-11,13-15,38H,8-9,12,16-17,35-36H2,1H3,(H,37,39,40)/b18-10+,20-14+. The minimum Gasteiger partial charge on any atom is -0.404 e. The van der Waals surface area contributed by atoms with E-state index < -0.39 is 5.92 Å². The Kier molecular flexibility index (Phi) is 6.78. The zero-order valence-corrected chi connectivity index (χ0v) is 22.5. The largest absolute Gasteiger partial charge is 0.404 e. The molecule has 1 fully saturated rings. The number of nitrogens with zero attached hydrogens (tertiary/aromatic N) is 3. The van der Waals surface area contributed by atoms with Gasteiger partial charge < -0.3 is 16.5 Å². The minimum atomic E-state index is -2.63. The Morgan fingerprint density at radius 3 is 2.71 bits per heavy atom. The number of pyridine rings is 1. The summed E-state index contributed by atoms with van der Waals surface area (Å²) < 4.78 is 40.9. The summed E-state index contributed by atoms with van der Waals surface area (Å²) in [5.41, 5.74) is 21.2. The van der Waals surface area contributed by atoms with Crippen molar-refractivity contribution in [3.63, 3.8) is 0 Å². The van der Waals surface area contributed by atoms with Gasteiger partial charge in [-0.15, -0.1) is 0 Å². The van der Waals surface area contributed by atoms with Gasteiger partial charge in [0.1, 0.15) is 5.82 Å². The van der Waals surface area contributed by atoms with Gasteiger partial charge in [0.15, 0.2) is 5.65 Å². The molecule has 0 unspecified atom stereocenters. The van der Waals surface area contributed by atoms with Crippen LogP contribution in [0.1, 0.15) is 35.7 Å². The summed E-state index contributed by atoms with van der Waals surface area (Å²) in [7, 11) is 0. The van der Waals surface area contributed by atoms with E-state index in [1.807, 2.05) is 37.3 Å². The quantitative estimate of drug-likeness (QED) is 0.234. The predicted octanol–water partition coefficient (Wildman–Crippen LogP) is 5.51. The number of allylic oxidation sites excluding steroid dienone is 5. The smallest absolute Gasteiger partial charge is 0.261 e. The Labute approximate surface area is 235 Å². The number of likely N-dealkylation sites (tertiary alicyclic amines) is 1. The molecule has 0 radical (unpaired) electrons. The first-order chi connectivity index (χ1) is 19.7. The molecule has 6 N–H and O–H groups in total. The molecule has 4 aromatic rings. The third kappa shape index (κ3) is 5.43. The van der Waals surface area contributed by atoms with Crippen molar-refractivity contribution in [2.24, 2.45) is 11.5 Å². The van der Waals surface area contributed by atoms with Gasteiger partial charge in [-0.25, -0.2) is 18.2 Å². The maximum absolute atomic E-state index is 13.6. The van der Waals surface area contributed by atoms with E-state index in [9.17, 15) is 13.2 Å². The maximum atomic E-state index is 13.6. The molecule has 1 saturated heterocycles. The number of halogens is 3. The van der Waals surface area contributed by atoms with E-state index in [1.165, 1.54) is 18.3 Å². The molecule has 0 atom stereocenters.